The highest BCUT2D eigenvalue weighted by Gasteiger charge is 2.12. The summed E-state index contributed by atoms with van der Waals surface area (Å²) >= 11 is 0. The van der Waals surface area contributed by atoms with Crippen molar-refractivity contribution in [2.45, 2.75) is 26.2 Å². The Bertz CT molecular complexity index is 702. The maximum atomic E-state index is 13.7. The minimum Gasteiger partial charge on any atom is -0.420 e. The molecule has 0 N–H and O–H groups in total. The van der Waals surface area contributed by atoms with Crippen LogP contribution in [0.4, 0.5) is 4.39 Å². The van der Waals surface area contributed by atoms with E-state index in [4.69, 9.17) is 10.00 Å². The molecular weight excluding hydrogens is 281 g/mol. The Balaban J connectivity index is 2.07. The lowest BCUT2D eigenvalue weighted by Gasteiger charge is -2.06. The van der Waals surface area contributed by atoms with Crippen LogP contribution in [0.25, 0.3) is 0 Å². The van der Waals surface area contributed by atoms with Crippen LogP contribution in [0.15, 0.2) is 42.5 Å². The number of hydrogen-bond donors (Lipinski definition) is 0. The van der Waals surface area contributed by atoms with Gasteiger partial charge in [0.1, 0.15) is 0 Å². The molecule has 2 aromatic carbocycles. The monoisotopic (exact) mass is 297 g/mol. The Morgan fingerprint density at radius 2 is 1.95 bits per heavy atom. The predicted octanol–water partition coefficient (Wildman–Crippen LogP) is 4.26. The molecule has 0 saturated heterocycles. The van der Waals surface area contributed by atoms with Crippen LogP contribution in [-0.4, -0.2) is 5.97 Å². The summed E-state index contributed by atoms with van der Waals surface area (Å²) in [7, 11) is 0. The number of unbranched alkanes of at least 4 members (excludes halogenated alkanes) is 1. The van der Waals surface area contributed by atoms with E-state index < -0.39 is 11.8 Å². The van der Waals surface area contributed by atoms with Crippen LogP contribution in [0.3, 0.4) is 0 Å². The second-order valence-electron chi connectivity index (χ2n) is 4.95. The van der Waals surface area contributed by atoms with E-state index in [1.54, 1.807) is 12.1 Å². The molecule has 0 aliphatic carbocycles. The number of aryl methyl sites for hydroxylation is 1. The van der Waals surface area contributed by atoms with Gasteiger partial charge in [0.2, 0.25) is 0 Å². The summed E-state index contributed by atoms with van der Waals surface area (Å²) in [4.78, 5) is 12.0. The third-order valence-electron chi connectivity index (χ3n) is 3.27. The number of carbonyl (C=O) groups excluding carboxylic acids is 1. The average Bonchev–Trinajstić information content (AvgIpc) is 2.55. The minimum absolute atomic E-state index is 0.178. The van der Waals surface area contributed by atoms with Crippen molar-refractivity contribution < 1.29 is 13.9 Å². The number of benzene rings is 2. The summed E-state index contributed by atoms with van der Waals surface area (Å²) in [6.07, 6.45) is 3.18. The van der Waals surface area contributed by atoms with Gasteiger partial charge in [0.25, 0.3) is 0 Å². The topological polar surface area (TPSA) is 50.1 Å². The first-order valence-electron chi connectivity index (χ1n) is 7.15. The van der Waals surface area contributed by atoms with Gasteiger partial charge in [-0.15, -0.1) is 0 Å². The van der Waals surface area contributed by atoms with Gasteiger partial charge >= 0.3 is 5.97 Å². The number of ether oxygens (including phenoxy) is 1. The van der Waals surface area contributed by atoms with E-state index >= 15 is 0 Å². The number of halogens is 1. The average molecular weight is 297 g/mol. The zero-order valence-electron chi connectivity index (χ0n) is 12.3. The number of nitrogens with zero attached hydrogens (tertiary/aromatic N) is 1. The lowest BCUT2D eigenvalue weighted by atomic mass is 10.1. The molecule has 0 bridgehead atoms. The van der Waals surface area contributed by atoms with Gasteiger partial charge in [0.15, 0.2) is 11.6 Å². The van der Waals surface area contributed by atoms with Crippen LogP contribution in [0.5, 0.6) is 5.75 Å². The molecule has 112 valence electrons. The first-order chi connectivity index (χ1) is 10.6. The molecule has 0 amide bonds. The second kappa shape index (κ2) is 7.37. The molecule has 0 saturated carbocycles. The Hall–Kier alpha value is -2.67. The Labute approximate surface area is 129 Å². The molecule has 0 atom stereocenters. The summed E-state index contributed by atoms with van der Waals surface area (Å²) < 4.78 is 18.7. The third kappa shape index (κ3) is 3.92. The van der Waals surface area contributed by atoms with Crippen LogP contribution in [0.1, 0.15) is 41.3 Å². The fraction of sp³-hybridized carbons (Fsp3) is 0.222. The molecule has 0 aromatic heterocycles. The third-order valence-corrected chi connectivity index (χ3v) is 3.27. The van der Waals surface area contributed by atoms with E-state index in [1.165, 1.54) is 12.1 Å². The molecule has 0 radical (unpaired) electrons. The van der Waals surface area contributed by atoms with Gasteiger partial charge in [0, 0.05) is 0 Å². The molecule has 0 fully saturated rings. The van der Waals surface area contributed by atoms with E-state index in [1.807, 2.05) is 18.2 Å². The second-order valence-corrected chi connectivity index (χ2v) is 4.95. The fourth-order valence-electron chi connectivity index (χ4n) is 2.00. The first-order valence-corrected chi connectivity index (χ1v) is 7.15. The quantitative estimate of drug-likeness (QED) is 0.612. The Morgan fingerprint density at radius 1 is 1.23 bits per heavy atom. The van der Waals surface area contributed by atoms with Gasteiger partial charge in [-0.25, -0.2) is 9.18 Å². The van der Waals surface area contributed by atoms with E-state index in [0.29, 0.717) is 5.56 Å². The SMILES string of the molecule is CCCCc1ccc(C(=O)Oc2ccc(C#N)cc2F)cc1. The van der Waals surface area contributed by atoms with E-state index in [9.17, 15) is 9.18 Å². The van der Waals surface area contributed by atoms with E-state index in [-0.39, 0.29) is 11.3 Å². The number of esters is 1. The van der Waals surface area contributed by atoms with Gasteiger partial charge in [0.05, 0.1) is 17.2 Å². The summed E-state index contributed by atoms with van der Waals surface area (Å²) in [6.45, 7) is 2.12. The van der Waals surface area contributed by atoms with Gasteiger partial charge in [-0.3, -0.25) is 0 Å². The predicted molar refractivity (Wildman–Crippen MR) is 81.1 cm³/mol. The number of carbonyl (C=O) groups is 1. The molecule has 0 heterocycles. The largest absolute Gasteiger partial charge is 0.420 e. The molecule has 2 aromatic rings. The molecule has 0 aliphatic rings. The van der Waals surface area contributed by atoms with E-state index in [0.717, 1.165) is 30.9 Å². The number of nitriles is 1. The normalized spacial score (nSPS) is 10.0. The minimum atomic E-state index is -0.730. The summed E-state index contributed by atoms with van der Waals surface area (Å²) in [5, 5.41) is 8.68. The van der Waals surface area contributed by atoms with Crippen molar-refractivity contribution in [1.29, 1.82) is 5.26 Å². The molecule has 0 unspecified atom stereocenters. The zero-order chi connectivity index (χ0) is 15.9. The zero-order valence-corrected chi connectivity index (χ0v) is 12.3. The van der Waals surface area contributed by atoms with Crippen LogP contribution in [0, 0.1) is 17.1 Å². The molecule has 3 nitrogen and oxygen atoms in total. The van der Waals surface area contributed by atoms with Crippen molar-refractivity contribution in [3.63, 3.8) is 0 Å². The highest BCUT2D eigenvalue weighted by atomic mass is 19.1. The van der Waals surface area contributed by atoms with E-state index in [2.05, 4.69) is 6.92 Å². The maximum absolute atomic E-state index is 13.7. The van der Waals surface area contributed by atoms with Gasteiger partial charge in [-0.2, -0.15) is 5.26 Å². The van der Waals surface area contributed by atoms with Crippen molar-refractivity contribution >= 4 is 5.97 Å². The van der Waals surface area contributed by atoms with Crippen LogP contribution in [0.2, 0.25) is 0 Å². The van der Waals surface area contributed by atoms with Gasteiger partial charge in [-0.05, 0) is 48.7 Å². The molecular formula is C18H16FNO2. The lowest BCUT2D eigenvalue weighted by Crippen LogP contribution is -2.09. The summed E-state index contributed by atoms with van der Waals surface area (Å²) in [6, 6.07) is 12.6. The summed E-state index contributed by atoms with van der Waals surface area (Å²) in [5.41, 5.74) is 1.70. The molecule has 4 heteroatoms. The van der Waals surface area contributed by atoms with Crippen molar-refractivity contribution in [2.75, 3.05) is 0 Å². The number of hydrogen-bond acceptors (Lipinski definition) is 3. The van der Waals surface area contributed by atoms with Crippen molar-refractivity contribution in [3.05, 3.63) is 65.0 Å². The van der Waals surface area contributed by atoms with Crippen molar-refractivity contribution in [2.24, 2.45) is 0 Å². The highest BCUT2D eigenvalue weighted by molar-refractivity contribution is 5.91. The van der Waals surface area contributed by atoms with Gasteiger partial charge in [-0.1, -0.05) is 25.5 Å². The first kappa shape index (κ1) is 15.7. The summed E-state index contributed by atoms with van der Waals surface area (Å²) in [5.74, 6) is -1.53. The molecule has 2 rings (SSSR count). The molecule has 0 aliphatic heterocycles. The smallest absolute Gasteiger partial charge is 0.343 e. The lowest BCUT2D eigenvalue weighted by molar-refractivity contribution is 0.0728. The molecule has 22 heavy (non-hydrogen) atoms. The molecule has 0 spiro atoms. The van der Waals surface area contributed by atoms with Crippen LogP contribution < -0.4 is 4.74 Å². The number of rotatable bonds is 5. The van der Waals surface area contributed by atoms with Crippen LogP contribution >= 0.6 is 0 Å². The van der Waals surface area contributed by atoms with Crippen LogP contribution in [-0.2, 0) is 6.42 Å². The van der Waals surface area contributed by atoms with Crippen molar-refractivity contribution in [1.82, 2.24) is 0 Å². The standard InChI is InChI=1S/C18H16FNO2/c1-2-3-4-13-5-8-15(9-6-13)18(21)22-17-10-7-14(12-20)11-16(17)19/h5-11H,2-4H2,1H3. The highest BCUT2D eigenvalue weighted by Crippen LogP contribution is 2.19. The van der Waals surface area contributed by atoms with Crippen molar-refractivity contribution in [3.8, 4) is 11.8 Å². The van der Waals surface area contributed by atoms with Gasteiger partial charge < -0.3 is 4.74 Å². The fourth-order valence-corrected chi connectivity index (χ4v) is 2.00. The Morgan fingerprint density at radius 3 is 2.55 bits per heavy atom. The maximum Gasteiger partial charge on any atom is 0.343 e. The Kier molecular flexibility index (Phi) is 5.26.